The molecule has 1 rings (SSSR count). The van der Waals surface area contributed by atoms with Gasteiger partial charge in [-0.15, -0.1) is 0 Å². The normalized spacial score (nSPS) is 10.9. The lowest BCUT2D eigenvalue weighted by Gasteiger charge is -2.19. The fourth-order valence-corrected chi connectivity index (χ4v) is 1.22. The molecule has 0 saturated heterocycles. The Bertz CT molecular complexity index is 379. The Morgan fingerprint density at radius 2 is 1.89 bits per heavy atom. The first-order valence-corrected chi connectivity index (χ1v) is 5.88. The zero-order valence-electron chi connectivity index (χ0n) is 11.2. The van der Waals surface area contributed by atoms with E-state index in [1.807, 2.05) is 45.0 Å². The predicted molar refractivity (Wildman–Crippen MR) is 70.6 cm³/mol. The number of nitrogens with one attached hydrogen (secondary N) is 1. The third-order valence-corrected chi connectivity index (χ3v) is 1.96. The molecule has 0 aliphatic heterocycles. The number of hydrogen-bond acceptors (Lipinski definition) is 3. The minimum atomic E-state index is -0.477. The fourth-order valence-electron chi connectivity index (χ4n) is 1.22. The van der Waals surface area contributed by atoms with Crippen molar-refractivity contribution >= 4 is 6.09 Å². The molecule has 1 aromatic carbocycles. The van der Waals surface area contributed by atoms with E-state index in [4.69, 9.17) is 9.47 Å². The smallest absolute Gasteiger partial charge is 0.407 e. The lowest BCUT2D eigenvalue weighted by Crippen LogP contribution is -2.34. The summed E-state index contributed by atoms with van der Waals surface area (Å²) in [5.41, 5.74) is 0.462. The van der Waals surface area contributed by atoms with Crippen LogP contribution in [-0.4, -0.2) is 24.8 Å². The highest BCUT2D eigenvalue weighted by molar-refractivity contribution is 5.67. The summed E-state index contributed by atoms with van der Waals surface area (Å²) >= 11 is 0. The third kappa shape index (κ3) is 6.13. The average Bonchev–Trinajstić information content (AvgIpc) is 2.24. The van der Waals surface area contributed by atoms with E-state index in [0.29, 0.717) is 13.2 Å². The zero-order valence-corrected chi connectivity index (χ0v) is 11.2. The molecule has 0 unspecified atom stereocenters. The van der Waals surface area contributed by atoms with Crippen LogP contribution in [0.1, 0.15) is 26.3 Å². The van der Waals surface area contributed by atoms with E-state index >= 15 is 0 Å². The number of amides is 1. The lowest BCUT2D eigenvalue weighted by molar-refractivity contribution is 0.0520. The van der Waals surface area contributed by atoms with Crippen LogP contribution in [0.15, 0.2) is 24.3 Å². The number of carbonyl (C=O) groups excluding carboxylic acids is 1. The number of benzene rings is 1. The summed E-state index contributed by atoms with van der Waals surface area (Å²) in [6, 6.07) is 7.43. The summed E-state index contributed by atoms with van der Waals surface area (Å²) in [6.07, 6.45) is -0.431. The molecule has 1 aromatic rings. The first kappa shape index (κ1) is 14.4. The Balaban J connectivity index is 2.19. The van der Waals surface area contributed by atoms with Crippen LogP contribution in [0.3, 0.4) is 0 Å². The van der Waals surface area contributed by atoms with Crippen molar-refractivity contribution < 1.29 is 14.3 Å². The van der Waals surface area contributed by atoms with Crippen LogP contribution < -0.4 is 10.1 Å². The van der Waals surface area contributed by atoms with Crippen LogP contribution >= 0.6 is 0 Å². The Kier molecular flexibility index (Phi) is 5.01. The van der Waals surface area contributed by atoms with Crippen LogP contribution in [0.25, 0.3) is 0 Å². The maximum Gasteiger partial charge on any atom is 0.407 e. The maximum atomic E-state index is 11.3. The van der Waals surface area contributed by atoms with Crippen LogP contribution in [0.2, 0.25) is 0 Å². The molecular weight excluding hydrogens is 230 g/mol. The first-order valence-electron chi connectivity index (χ1n) is 5.88. The molecule has 0 atom stereocenters. The Morgan fingerprint density at radius 3 is 2.44 bits per heavy atom. The topological polar surface area (TPSA) is 47.6 Å². The summed E-state index contributed by atoms with van der Waals surface area (Å²) in [4.78, 5) is 11.3. The summed E-state index contributed by atoms with van der Waals surface area (Å²) in [5.74, 6) is 0.758. The standard InChI is InChI=1S/C14H20NO3/c1-11-5-7-12(8-6-11)17-10-9-15-13(16)18-14(2,3)4/h5-8H,1,9-10H2,2-4H3,(H,15,16). The van der Waals surface area contributed by atoms with Crippen molar-refractivity contribution in [3.63, 3.8) is 0 Å². The van der Waals surface area contributed by atoms with E-state index < -0.39 is 11.7 Å². The largest absolute Gasteiger partial charge is 0.492 e. The van der Waals surface area contributed by atoms with Gasteiger partial charge in [0.25, 0.3) is 0 Å². The summed E-state index contributed by atoms with van der Waals surface area (Å²) in [5, 5.41) is 2.62. The average molecular weight is 250 g/mol. The van der Waals surface area contributed by atoms with Crippen molar-refractivity contribution in [2.45, 2.75) is 26.4 Å². The van der Waals surface area contributed by atoms with E-state index in [9.17, 15) is 4.79 Å². The highest BCUT2D eigenvalue weighted by Crippen LogP contribution is 2.10. The summed E-state index contributed by atoms with van der Waals surface area (Å²) in [6.45, 7) is 10.1. The van der Waals surface area contributed by atoms with Crippen molar-refractivity contribution in [3.05, 3.63) is 36.8 Å². The van der Waals surface area contributed by atoms with Gasteiger partial charge in [0.1, 0.15) is 18.0 Å². The van der Waals surface area contributed by atoms with E-state index in [-0.39, 0.29) is 0 Å². The first-order chi connectivity index (χ1) is 8.37. The van der Waals surface area contributed by atoms with E-state index in [1.165, 1.54) is 0 Å². The van der Waals surface area contributed by atoms with Crippen LogP contribution in [0.5, 0.6) is 5.75 Å². The van der Waals surface area contributed by atoms with Crippen LogP contribution in [0.4, 0.5) is 4.79 Å². The van der Waals surface area contributed by atoms with E-state index in [0.717, 1.165) is 11.3 Å². The molecule has 0 heterocycles. The second-order valence-electron chi connectivity index (χ2n) is 4.92. The molecule has 99 valence electrons. The molecular formula is C14H20NO3. The lowest BCUT2D eigenvalue weighted by atomic mass is 10.2. The Hall–Kier alpha value is -1.71. The van der Waals surface area contributed by atoms with Gasteiger partial charge in [0.05, 0.1) is 6.54 Å². The van der Waals surface area contributed by atoms with Gasteiger partial charge in [-0.25, -0.2) is 4.79 Å². The van der Waals surface area contributed by atoms with Crippen LogP contribution in [-0.2, 0) is 4.74 Å². The monoisotopic (exact) mass is 250 g/mol. The quantitative estimate of drug-likeness (QED) is 0.836. The van der Waals surface area contributed by atoms with Crippen molar-refractivity contribution in [1.29, 1.82) is 0 Å². The molecule has 0 bridgehead atoms. The third-order valence-electron chi connectivity index (χ3n) is 1.96. The van der Waals surface area contributed by atoms with Gasteiger partial charge < -0.3 is 14.8 Å². The van der Waals surface area contributed by atoms with Crippen molar-refractivity contribution in [3.8, 4) is 5.75 Å². The number of ether oxygens (including phenoxy) is 2. The molecule has 4 heteroatoms. The maximum absolute atomic E-state index is 11.3. The molecule has 0 saturated carbocycles. The SMILES string of the molecule is [CH2]c1ccc(OCCNC(=O)OC(C)(C)C)cc1. The van der Waals surface area contributed by atoms with E-state index in [2.05, 4.69) is 12.2 Å². The highest BCUT2D eigenvalue weighted by Gasteiger charge is 2.15. The predicted octanol–water partition coefficient (Wildman–Crippen LogP) is 2.77. The van der Waals surface area contributed by atoms with Crippen molar-refractivity contribution in [2.24, 2.45) is 0 Å². The second kappa shape index (κ2) is 6.28. The minimum absolute atomic E-state index is 0.399. The second-order valence-corrected chi connectivity index (χ2v) is 4.92. The molecule has 1 radical (unpaired) electrons. The van der Waals surface area contributed by atoms with Gasteiger partial charge in [-0.1, -0.05) is 12.1 Å². The number of carbonyl (C=O) groups is 1. The molecule has 18 heavy (non-hydrogen) atoms. The van der Waals surface area contributed by atoms with Crippen molar-refractivity contribution in [1.82, 2.24) is 5.32 Å². The molecule has 4 nitrogen and oxygen atoms in total. The highest BCUT2D eigenvalue weighted by atomic mass is 16.6. The van der Waals surface area contributed by atoms with Gasteiger partial charge in [-0.2, -0.15) is 0 Å². The molecule has 0 fully saturated rings. The summed E-state index contributed by atoms with van der Waals surface area (Å²) < 4.78 is 10.5. The molecule has 0 aliphatic rings. The van der Waals surface area contributed by atoms with E-state index in [1.54, 1.807) is 0 Å². The molecule has 0 aliphatic carbocycles. The number of rotatable bonds is 4. The molecule has 0 aromatic heterocycles. The van der Waals surface area contributed by atoms with Crippen molar-refractivity contribution in [2.75, 3.05) is 13.2 Å². The number of hydrogen-bond donors (Lipinski definition) is 1. The minimum Gasteiger partial charge on any atom is -0.492 e. The Morgan fingerprint density at radius 1 is 1.28 bits per heavy atom. The molecule has 1 N–H and O–H groups in total. The molecule has 0 spiro atoms. The van der Waals surface area contributed by atoms with Gasteiger partial charge in [0.2, 0.25) is 0 Å². The fraction of sp³-hybridized carbons (Fsp3) is 0.429. The molecule has 1 amide bonds. The van der Waals surface area contributed by atoms with Gasteiger partial charge in [0, 0.05) is 0 Å². The van der Waals surface area contributed by atoms with Gasteiger partial charge in [-0.3, -0.25) is 0 Å². The Labute approximate surface area is 108 Å². The summed E-state index contributed by atoms with van der Waals surface area (Å²) in [7, 11) is 0. The zero-order chi connectivity index (χ0) is 13.6. The number of alkyl carbamates (subject to hydrolysis) is 1. The van der Waals surface area contributed by atoms with Gasteiger partial charge in [-0.05, 0) is 45.4 Å². The van der Waals surface area contributed by atoms with Gasteiger partial charge >= 0.3 is 6.09 Å². The van der Waals surface area contributed by atoms with Crippen LogP contribution in [0, 0.1) is 6.92 Å². The van der Waals surface area contributed by atoms with Gasteiger partial charge in [0.15, 0.2) is 0 Å².